The third-order valence-corrected chi connectivity index (χ3v) is 5.87. The maximum absolute atomic E-state index is 3.74. The van der Waals surface area contributed by atoms with Crippen LogP contribution in [0.2, 0.25) is 0 Å². The highest BCUT2D eigenvalue weighted by Gasteiger charge is 2.13. The van der Waals surface area contributed by atoms with Crippen molar-refractivity contribution in [3.63, 3.8) is 0 Å². The minimum Gasteiger partial charge on any atom is -0.134 e. The molecule has 4 aromatic rings. The second-order valence-corrected chi connectivity index (χ2v) is 7.26. The van der Waals surface area contributed by atoms with Crippen molar-refractivity contribution in [2.24, 2.45) is 0 Å². The van der Waals surface area contributed by atoms with Gasteiger partial charge in [-0.25, -0.2) is 0 Å². The Morgan fingerprint density at radius 3 is 2.53 bits per heavy atom. The maximum Gasteiger partial charge on any atom is 0.0445 e. The van der Waals surface area contributed by atoms with E-state index in [1.165, 1.54) is 35.4 Å². The van der Waals surface area contributed by atoms with Gasteiger partial charge in [0, 0.05) is 29.1 Å². The fraction of sp³-hybridized carbons (Fsp3) is 0. The summed E-state index contributed by atoms with van der Waals surface area (Å²) in [6.45, 7) is 0. The van der Waals surface area contributed by atoms with E-state index in [0.717, 1.165) is 4.47 Å². The summed E-state index contributed by atoms with van der Waals surface area (Å²) >= 11 is 9.28. The van der Waals surface area contributed by atoms with Crippen molar-refractivity contribution >= 4 is 74.1 Å². The van der Waals surface area contributed by atoms with Crippen LogP contribution in [0, 0.1) is 0 Å². The predicted molar refractivity (Wildman–Crippen MR) is 92.2 cm³/mol. The fourth-order valence-electron chi connectivity index (χ4n) is 2.56. The van der Waals surface area contributed by atoms with E-state index in [2.05, 4.69) is 80.4 Å². The van der Waals surface area contributed by atoms with Crippen molar-refractivity contribution in [2.45, 2.75) is 0 Å². The molecular formula is C16H8Br2S. The third-order valence-electron chi connectivity index (χ3n) is 3.39. The lowest BCUT2D eigenvalue weighted by Gasteiger charge is -2.02. The van der Waals surface area contributed by atoms with E-state index < -0.39 is 0 Å². The average Bonchev–Trinajstić information content (AvgIpc) is 2.80. The van der Waals surface area contributed by atoms with Gasteiger partial charge in [0.15, 0.2) is 0 Å². The second-order valence-electron chi connectivity index (χ2n) is 4.50. The van der Waals surface area contributed by atoms with Crippen LogP contribution in [0.5, 0.6) is 0 Å². The Hall–Kier alpha value is -0.900. The van der Waals surface area contributed by atoms with Crippen LogP contribution in [0.25, 0.3) is 30.9 Å². The van der Waals surface area contributed by atoms with Gasteiger partial charge in [-0.3, -0.25) is 0 Å². The molecule has 0 saturated carbocycles. The largest absolute Gasteiger partial charge is 0.134 e. The van der Waals surface area contributed by atoms with Crippen LogP contribution in [0.4, 0.5) is 0 Å². The molecule has 0 amide bonds. The van der Waals surface area contributed by atoms with E-state index in [9.17, 15) is 0 Å². The van der Waals surface area contributed by atoms with Crippen LogP contribution in [0.15, 0.2) is 57.5 Å². The van der Waals surface area contributed by atoms with Gasteiger partial charge in [-0.1, -0.05) is 62.2 Å². The van der Waals surface area contributed by atoms with Crippen molar-refractivity contribution in [3.05, 3.63) is 57.5 Å². The van der Waals surface area contributed by atoms with Crippen LogP contribution in [-0.4, -0.2) is 0 Å². The number of rotatable bonds is 0. The molecule has 0 aliphatic heterocycles. The first kappa shape index (κ1) is 11.9. The van der Waals surface area contributed by atoms with Crippen molar-refractivity contribution in [2.75, 3.05) is 0 Å². The molecular weight excluding hydrogens is 384 g/mol. The van der Waals surface area contributed by atoms with E-state index in [1.807, 2.05) is 11.3 Å². The molecule has 0 aliphatic carbocycles. The van der Waals surface area contributed by atoms with Crippen molar-refractivity contribution in [1.82, 2.24) is 0 Å². The molecule has 0 radical (unpaired) electrons. The van der Waals surface area contributed by atoms with Gasteiger partial charge in [-0.05, 0) is 29.0 Å². The first-order valence-corrected chi connectivity index (χ1v) is 8.34. The van der Waals surface area contributed by atoms with E-state index >= 15 is 0 Å². The summed E-state index contributed by atoms with van der Waals surface area (Å²) in [5.74, 6) is 0. The molecule has 0 N–H and O–H groups in total. The molecule has 0 bridgehead atoms. The summed E-state index contributed by atoms with van der Waals surface area (Å²) < 4.78 is 5.00. The summed E-state index contributed by atoms with van der Waals surface area (Å²) in [6.07, 6.45) is 0. The topological polar surface area (TPSA) is 0 Å². The number of thiophene rings is 1. The first-order chi connectivity index (χ1) is 9.25. The molecule has 4 rings (SSSR count). The smallest absolute Gasteiger partial charge is 0.0445 e. The van der Waals surface area contributed by atoms with Crippen LogP contribution in [0.1, 0.15) is 0 Å². The monoisotopic (exact) mass is 390 g/mol. The molecule has 0 saturated heterocycles. The van der Waals surface area contributed by atoms with Crippen LogP contribution >= 0.6 is 43.2 Å². The van der Waals surface area contributed by atoms with E-state index in [1.54, 1.807) is 0 Å². The Balaban J connectivity index is 2.38. The Morgan fingerprint density at radius 1 is 0.789 bits per heavy atom. The minimum atomic E-state index is 1.16. The molecule has 0 spiro atoms. The van der Waals surface area contributed by atoms with Crippen LogP contribution in [-0.2, 0) is 0 Å². The summed E-state index contributed by atoms with van der Waals surface area (Å²) in [5, 5.41) is 5.23. The van der Waals surface area contributed by atoms with Crippen LogP contribution in [0.3, 0.4) is 0 Å². The Kier molecular flexibility index (Phi) is 2.69. The van der Waals surface area contributed by atoms with Gasteiger partial charge in [0.05, 0.1) is 0 Å². The van der Waals surface area contributed by atoms with Gasteiger partial charge in [0.25, 0.3) is 0 Å². The Morgan fingerprint density at radius 2 is 1.63 bits per heavy atom. The van der Waals surface area contributed by atoms with Crippen LogP contribution < -0.4 is 0 Å². The second kappa shape index (κ2) is 4.30. The summed E-state index contributed by atoms with van der Waals surface area (Å²) in [4.78, 5) is 0. The molecule has 3 heteroatoms. The highest BCUT2D eigenvalue weighted by atomic mass is 79.9. The number of fused-ring (bicyclic) bond motifs is 5. The normalized spacial score (nSPS) is 11.7. The Bertz CT molecular complexity index is 938. The maximum atomic E-state index is 3.74. The van der Waals surface area contributed by atoms with Gasteiger partial charge in [-0.15, -0.1) is 11.3 Å². The van der Waals surface area contributed by atoms with E-state index in [4.69, 9.17) is 0 Å². The van der Waals surface area contributed by atoms with Gasteiger partial charge < -0.3 is 0 Å². The summed E-state index contributed by atoms with van der Waals surface area (Å²) in [7, 11) is 0. The van der Waals surface area contributed by atoms with Gasteiger partial charge in [0.1, 0.15) is 0 Å². The standard InChI is InChI=1S/C16H8Br2S/c17-11-6-3-7-13-14(11)15-12(18)8-9-4-1-2-5-10(9)16(15)19-13/h1-8H. The zero-order valence-corrected chi connectivity index (χ0v) is 13.8. The molecule has 0 unspecified atom stereocenters. The lowest BCUT2D eigenvalue weighted by Crippen LogP contribution is -1.76. The molecule has 3 aromatic carbocycles. The highest BCUT2D eigenvalue weighted by molar-refractivity contribution is 9.11. The predicted octanol–water partition coefficient (Wildman–Crippen LogP) is 6.73. The first-order valence-electron chi connectivity index (χ1n) is 5.93. The molecule has 0 aliphatic rings. The molecule has 0 fully saturated rings. The van der Waals surface area contributed by atoms with Gasteiger partial charge in [0.2, 0.25) is 0 Å². The number of hydrogen-bond donors (Lipinski definition) is 0. The van der Waals surface area contributed by atoms with Crippen molar-refractivity contribution in [1.29, 1.82) is 0 Å². The van der Waals surface area contributed by atoms with Gasteiger partial charge in [-0.2, -0.15) is 0 Å². The number of hydrogen-bond acceptors (Lipinski definition) is 1. The average molecular weight is 392 g/mol. The lowest BCUT2D eigenvalue weighted by atomic mass is 10.1. The summed E-state index contributed by atoms with van der Waals surface area (Å²) in [5.41, 5.74) is 0. The van der Waals surface area contributed by atoms with E-state index in [-0.39, 0.29) is 0 Å². The minimum absolute atomic E-state index is 1.16. The van der Waals surface area contributed by atoms with E-state index in [0.29, 0.717) is 0 Å². The summed E-state index contributed by atoms with van der Waals surface area (Å²) in [6, 6.07) is 17.2. The fourth-order valence-corrected chi connectivity index (χ4v) is 5.32. The lowest BCUT2D eigenvalue weighted by molar-refractivity contribution is 1.77. The van der Waals surface area contributed by atoms with Crippen molar-refractivity contribution in [3.8, 4) is 0 Å². The SMILES string of the molecule is Brc1cccc2sc3c4ccccc4cc(Br)c3c12. The molecule has 1 heterocycles. The van der Waals surface area contributed by atoms with Gasteiger partial charge >= 0.3 is 0 Å². The van der Waals surface area contributed by atoms with Crippen molar-refractivity contribution < 1.29 is 0 Å². The molecule has 92 valence electrons. The quantitative estimate of drug-likeness (QED) is 0.311. The number of benzene rings is 3. The molecule has 19 heavy (non-hydrogen) atoms. The zero-order chi connectivity index (χ0) is 13.0. The molecule has 0 nitrogen and oxygen atoms in total. The molecule has 1 aromatic heterocycles. The molecule has 0 atom stereocenters. The Labute approximate surface area is 131 Å². The third kappa shape index (κ3) is 1.69. The zero-order valence-electron chi connectivity index (χ0n) is 9.78. The highest BCUT2D eigenvalue weighted by Crippen LogP contribution is 2.44. The number of halogens is 2.